The minimum absolute atomic E-state index is 0.431. The lowest BCUT2D eigenvalue weighted by molar-refractivity contribution is 0.714. The van der Waals surface area contributed by atoms with Gasteiger partial charge in [0.05, 0.1) is 5.41 Å². The van der Waals surface area contributed by atoms with Crippen molar-refractivity contribution in [3.63, 3.8) is 0 Å². The van der Waals surface area contributed by atoms with E-state index < -0.39 is 10.8 Å². The third-order valence-corrected chi connectivity index (χ3v) is 16.5. The van der Waals surface area contributed by atoms with Gasteiger partial charge in [-0.1, -0.05) is 261 Å². The van der Waals surface area contributed by atoms with Crippen LogP contribution in [0, 0.1) is 0 Å². The third-order valence-electron chi connectivity index (χ3n) is 16.5. The van der Waals surface area contributed by atoms with E-state index in [9.17, 15) is 0 Å². The lowest BCUT2D eigenvalue weighted by atomic mass is 9.67. The minimum atomic E-state index is -0.554. The lowest BCUT2D eigenvalue weighted by Gasteiger charge is -2.35. The van der Waals surface area contributed by atoms with Crippen molar-refractivity contribution in [2.24, 2.45) is 0 Å². The zero-order valence-electron chi connectivity index (χ0n) is 42.3. The van der Waals surface area contributed by atoms with Crippen LogP contribution in [0.3, 0.4) is 0 Å². The Morgan fingerprint density at radius 3 is 1.26 bits per heavy atom. The van der Waals surface area contributed by atoms with Crippen LogP contribution < -0.4 is 4.90 Å². The summed E-state index contributed by atoms with van der Waals surface area (Å²) in [5.41, 5.74) is 26.0. The molecule has 76 heavy (non-hydrogen) atoms. The summed E-state index contributed by atoms with van der Waals surface area (Å²) >= 11 is 0. The number of hydrogen-bond donors (Lipinski definition) is 0. The second kappa shape index (κ2) is 18.4. The normalized spacial score (nSPS) is 14.5. The van der Waals surface area contributed by atoms with Gasteiger partial charge >= 0.3 is 0 Å². The van der Waals surface area contributed by atoms with Gasteiger partial charge in [0.15, 0.2) is 0 Å². The van der Waals surface area contributed by atoms with Crippen molar-refractivity contribution < 1.29 is 0 Å². The molecule has 0 amide bonds. The molecule has 2 aliphatic rings. The van der Waals surface area contributed by atoms with Gasteiger partial charge in [0.2, 0.25) is 0 Å². The zero-order valence-corrected chi connectivity index (χ0v) is 42.3. The van der Waals surface area contributed by atoms with E-state index in [2.05, 4.69) is 315 Å². The van der Waals surface area contributed by atoms with Crippen LogP contribution in [-0.4, -0.2) is 0 Å². The van der Waals surface area contributed by atoms with E-state index in [1.807, 2.05) is 0 Å². The molecule has 2 aliphatic carbocycles. The molecule has 358 valence electrons. The molecule has 14 rings (SSSR count). The Morgan fingerprint density at radius 1 is 0.237 bits per heavy atom. The van der Waals surface area contributed by atoms with Crippen molar-refractivity contribution in [2.75, 3.05) is 4.90 Å². The van der Waals surface area contributed by atoms with Gasteiger partial charge < -0.3 is 4.90 Å². The average molecular weight is 968 g/mol. The molecule has 0 radical (unpaired) electrons. The molecule has 1 atom stereocenters. The fourth-order valence-corrected chi connectivity index (χ4v) is 12.9. The topological polar surface area (TPSA) is 3.24 Å². The highest BCUT2D eigenvalue weighted by atomic mass is 15.1. The number of anilines is 3. The van der Waals surface area contributed by atoms with E-state index in [-0.39, 0.29) is 0 Å². The Morgan fingerprint density at radius 2 is 0.658 bits per heavy atom. The fraction of sp³-hybridized carbons (Fsp3) is 0.0400. The first-order chi connectivity index (χ1) is 37.6. The number of nitrogens with zero attached hydrogens (tertiary/aromatic N) is 1. The van der Waals surface area contributed by atoms with Gasteiger partial charge in [0, 0.05) is 22.5 Å². The molecular weight excluding hydrogens is 915 g/mol. The molecule has 1 nitrogen and oxygen atoms in total. The summed E-state index contributed by atoms with van der Waals surface area (Å²) in [5.74, 6) is 0. The van der Waals surface area contributed by atoms with Crippen molar-refractivity contribution in [2.45, 2.75) is 17.8 Å². The van der Waals surface area contributed by atoms with Gasteiger partial charge in [-0.3, -0.25) is 0 Å². The summed E-state index contributed by atoms with van der Waals surface area (Å²) in [6.45, 7) is 2.43. The van der Waals surface area contributed by atoms with Gasteiger partial charge in [-0.25, -0.2) is 0 Å². The second-order valence-corrected chi connectivity index (χ2v) is 20.4. The lowest BCUT2D eigenvalue weighted by Crippen LogP contribution is -2.28. The molecule has 0 heterocycles. The zero-order chi connectivity index (χ0) is 50.6. The highest BCUT2D eigenvalue weighted by Crippen LogP contribution is 2.59. The molecule has 12 aromatic rings. The van der Waals surface area contributed by atoms with Crippen LogP contribution in [-0.2, 0) is 10.8 Å². The Labute approximate surface area is 446 Å². The van der Waals surface area contributed by atoms with Crippen LogP contribution in [0.4, 0.5) is 17.1 Å². The summed E-state index contributed by atoms with van der Waals surface area (Å²) in [4.78, 5) is 2.49. The molecule has 0 saturated heterocycles. The minimum Gasteiger partial charge on any atom is -0.310 e. The van der Waals surface area contributed by atoms with Gasteiger partial charge in [0.25, 0.3) is 0 Å². The van der Waals surface area contributed by atoms with Crippen molar-refractivity contribution in [3.8, 4) is 66.8 Å². The van der Waals surface area contributed by atoms with Crippen molar-refractivity contribution in [1.29, 1.82) is 0 Å². The van der Waals surface area contributed by atoms with Crippen molar-refractivity contribution in [3.05, 3.63) is 342 Å². The molecule has 0 fully saturated rings. The number of benzene rings is 12. The molecule has 1 unspecified atom stereocenters. The Hall–Kier alpha value is -9.56. The maximum Gasteiger partial charge on any atom is 0.0714 e. The predicted molar refractivity (Wildman–Crippen MR) is 318 cm³/mol. The first-order valence-corrected chi connectivity index (χ1v) is 26.5. The SMILES string of the molecule is CC1(c2ccccc2)c2cc(N(c3ccc(-c4ccc(-c5ccccc5)c(-c5ccccc5)c4)cc3)c3ccc4c(c3)C(c3ccccc3)(c3ccccc3)c3ccccc3-4)ccc2-c2c(-c3ccccc3)cccc21. The van der Waals surface area contributed by atoms with Crippen molar-refractivity contribution >= 4 is 17.1 Å². The highest BCUT2D eigenvalue weighted by Gasteiger charge is 2.47. The van der Waals surface area contributed by atoms with Gasteiger partial charge in [-0.05, 0) is 155 Å². The van der Waals surface area contributed by atoms with Gasteiger partial charge in [-0.2, -0.15) is 0 Å². The first-order valence-electron chi connectivity index (χ1n) is 26.5. The Balaban J connectivity index is 0.984. The summed E-state index contributed by atoms with van der Waals surface area (Å²) in [7, 11) is 0. The van der Waals surface area contributed by atoms with Crippen LogP contribution >= 0.6 is 0 Å². The van der Waals surface area contributed by atoms with E-state index >= 15 is 0 Å². The standard InChI is InChI=1S/C75H53N/c1-74(57-29-14-5-15-30-57)70-38-22-36-64(54-25-10-3-11-26-54)73(70)67-48-45-61(50-71(67)74)76(60-42-39-52(40-43-60)56-41-46-63(53-23-8-2-9-24-53)68(49-56)55-27-12-4-13-28-55)62-44-47-66-65-35-20-21-37-69(65)75(72(66)51-62,58-31-16-6-17-32-58)59-33-18-7-19-34-59/h2-51H,1H3. The number of fused-ring (bicyclic) bond motifs is 6. The maximum atomic E-state index is 2.49. The molecule has 0 aliphatic heterocycles. The van der Waals surface area contributed by atoms with E-state index in [0.29, 0.717) is 0 Å². The quantitative estimate of drug-likeness (QED) is 0.132. The van der Waals surface area contributed by atoms with Crippen molar-refractivity contribution in [1.82, 2.24) is 0 Å². The molecular formula is C75H53N. The predicted octanol–water partition coefficient (Wildman–Crippen LogP) is 19.5. The molecule has 0 spiro atoms. The monoisotopic (exact) mass is 967 g/mol. The third kappa shape index (κ3) is 7.15. The molecule has 0 aromatic heterocycles. The van der Waals surface area contributed by atoms with Gasteiger partial charge in [-0.15, -0.1) is 0 Å². The molecule has 0 N–H and O–H groups in total. The van der Waals surface area contributed by atoms with Crippen LogP contribution in [0.15, 0.2) is 303 Å². The number of hydrogen-bond acceptors (Lipinski definition) is 1. The Bertz CT molecular complexity index is 4030. The van der Waals surface area contributed by atoms with E-state index in [4.69, 9.17) is 0 Å². The van der Waals surface area contributed by atoms with E-state index in [0.717, 1.165) is 22.6 Å². The van der Waals surface area contributed by atoms with E-state index in [1.54, 1.807) is 0 Å². The number of rotatable bonds is 10. The molecule has 0 saturated carbocycles. The molecule has 1 heteroatoms. The van der Waals surface area contributed by atoms with E-state index in [1.165, 1.54) is 100 Å². The maximum absolute atomic E-state index is 2.49. The Kier molecular flexibility index (Phi) is 10.9. The second-order valence-electron chi connectivity index (χ2n) is 20.4. The average Bonchev–Trinajstić information content (AvgIpc) is 4.18. The largest absolute Gasteiger partial charge is 0.310 e. The smallest absolute Gasteiger partial charge is 0.0714 e. The molecule has 0 bridgehead atoms. The van der Waals surface area contributed by atoms with Crippen LogP contribution in [0.5, 0.6) is 0 Å². The first kappa shape index (κ1) is 45.1. The summed E-state index contributed by atoms with van der Waals surface area (Å²) in [6.07, 6.45) is 0. The summed E-state index contributed by atoms with van der Waals surface area (Å²) in [5, 5.41) is 0. The highest BCUT2D eigenvalue weighted by molar-refractivity contribution is 5.96. The van der Waals surface area contributed by atoms with Crippen LogP contribution in [0.2, 0.25) is 0 Å². The molecule has 12 aromatic carbocycles. The van der Waals surface area contributed by atoms with Crippen LogP contribution in [0.25, 0.3) is 66.8 Å². The summed E-state index contributed by atoms with van der Waals surface area (Å²) in [6, 6.07) is 112. The summed E-state index contributed by atoms with van der Waals surface area (Å²) < 4.78 is 0. The van der Waals surface area contributed by atoms with Crippen LogP contribution in [0.1, 0.15) is 45.9 Å². The van der Waals surface area contributed by atoms with Gasteiger partial charge in [0.1, 0.15) is 0 Å². The fourth-order valence-electron chi connectivity index (χ4n) is 12.9.